The smallest absolute Gasteiger partial charge is 0.381 e. The molecule has 0 fully saturated rings. The summed E-state index contributed by atoms with van der Waals surface area (Å²) in [4.78, 5) is 6.08. The van der Waals surface area contributed by atoms with Crippen LogP contribution in [-0.4, -0.2) is 23.2 Å². The fourth-order valence-corrected chi connectivity index (χ4v) is 1.85. The van der Waals surface area contributed by atoms with Crippen molar-refractivity contribution in [3.63, 3.8) is 0 Å². The van der Waals surface area contributed by atoms with Crippen molar-refractivity contribution in [3.05, 3.63) is 15.2 Å². The van der Waals surface area contributed by atoms with Gasteiger partial charge in [0.15, 0.2) is 5.69 Å². The second-order valence-corrected chi connectivity index (χ2v) is 4.23. The van der Waals surface area contributed by atoms with E-state index in [1.165, 1.54) is 0 Å². The molecule has 0 atom stereocenters. The molecule has 0 radical (unpaired) electrons. The summed E-state index contributed by atoms with van der Waals surface area (Å²) in [6, 6.07) is 0. The minimum absolute atomic E-state index is 0.0457. The third-order valence-corrected chi connectivity index (χ3v) is 2.60. The Hall–Kier alpha value is -0.310. The van der Waals surface area contributed by atoms with E-state index in [1.807, 2.05) is 6.92 Å². The standard InChI is InChI=1S/C9H12F3IN2O/c1-2-4-16-5-3-6-14-7(8(13)15-6)9(10,11)12/h2-5H2,1H3,(H,14,15). The van der Waals surface area contributed by atoms with Gasteiger partial charge in [-0.05, 0) is 29.0 Å². The van der Waals surface area contributed by atoms with Gasteiger partial charge in [-0.15, -0.1) is 0 Å². The molecule has 3 nitrogen and oxygen atoms in total. The van der Waals surface area contributed by atoms with Crippen molar-refractivity contribution in [1.82, 2.24) is 9.97 Å². The zero-order chi connectivity index (χ0) is 12.2. The Kier molecular flexibility index (Phi) is 5.03. The predicted octanol–water partition coefficient (Wildman–Crippen LogP) is 3.00. The zero-order valence-corrected chi connectivity index (χ0v) is 10.9. The summed E-state index contributed by atoms with van der Waals surface area (Å²) >= 11 is 1.57. The number of ether oxygens (including phenoxy) is 1. The van der Waals surface area contributed by atoms with Crippen molar-refractivity contribution in [3.8, 4) is 0 Å². The van der Waals surface area contributed by atoms with Gasteiger partial charge in [-0.1, -0.05) is 6.92 Å². The highest BCUT2D eigenvalue weighted by Gasteiger charge is 2.36. The number of rotatable bonds is 5. The van der Waals surface area contributed by atoms with E-state index in [2.05, 4.69) is 9.97 Å². The van der Waals surface area contributed by atoms with Gasteiger partial charge in [-0.25, -0.2) is 4.98 Å². The molecular weight excluding hydrogens is 336 g/mol. The molecule has 1 heterocycles. The Morgan fingerprint density at radius 1 is 1.38 bits per heavy atom. The van der Waals surface area contributed by atoms with Crippen LogP contribution in [0.2, 0.25) is 0 Å². The summed E-state index contributed by atoms with van der Waals surface area (Å²) in [7, 11) is 0. The SMILES string of the molecule is CCCOCCc1nc(I)c(C(F)(F)F)[nH]1. The lowest BCUT2D eigenvalue weighted by atomic mass is 10.4. The van der Waals surface area contributed by atoms with Gasteiger partial charge in [0.25, 0.3) is 0 Å². The van der Waals surface area contributed by atoms with Crippen LogP contribution >= 0.6 is 22.6 Å². The molecule has 0 amide bonds. The minimum Gasteiger partial charge on any atom is -0.381 e. The lowest BCUT2D eigenvalue weighted by molar-refractivity contribution is -0.141. The van der Waals surface area contributed by atoms with Gasteiger partial charge in [-0.3, -0.25) is 0 Å². The number of imidazole rings is 1. The van der Waals surface area contributed by atoms with Crippen LogP contribution in [0.3, 0.4) is 0 Å². The maximum Gasteiger partial charge on any atom is 0.433 e. The Labute approximate surface area is 105 Å². The number of halogens is 4. The first-order valence-corrected chi connectivity index (χ1v) is 5.92. The number of aromatic amines is 1. The molecule has 7 heteroatoms. The Morgan fingerprint density at radius 3 is 2.56 bits per heavy atom. The van der Waals surface area contributed by atoms with Crippen LogP contribution in [0.25, 0.3) is 0 Å². The summed E-state index contributed by atoms with van der Waals surface area (Å²) in [5.41, 5.74) is -0.779. The number of hydrogen-bond acceptors (Lipinski definition) is 2. The molecule has 0 aromatic carbocycles. The van der Waals surface area contributed by atoms with Gasteiger partial charge in [0.05, 0.1) is 6.61 Å². The van der Waals surface area contributed by atoms with E-state index in [0.29, 0.717) is 25.5 Å². The topological polar surface area (TPSA) is 37.9 Å². The number of hydrogen-bond donors (Lipinski definition) is 1. The highest BCUT2D eigenvalue weighted by molar-refractivity contribution is 14.1. The molecule has 1 aromatic heterocycles. The number of nitrogens with one attached hydrogen (secondary N) is 1. The van der Waals surface area contributed by atoms with E-state index < -0.39 is 11.9 Å². The largest absolute Gasteiger partial charge is 0.433 e. The summed E-state index contributed by atoms with van der Waals surface area (Å²) in [6.07, 6.45) is -3.11. The number of aromatic nitrogens is 2. The molecule has 0 unspecified atom stereocenters. The summed E-state index contributed by atoms with van der Waals surface area (Å²) in [5.74, 6) is 0.313. The zero-order valence-electron chi connectivity index (χ0n) is 8.70. The molecule has 0 saturated heterocycles. The van der Waals surface area contributed by atoms with E-state index in [1.54, 1.807) is 22.6 Å². The maximum absolute atomic E-state index is 12.4. The molecule has 0 saturated carbocycles. The highest BCUT2D eigenvalue weighted by atomic mass is 127. The van der Waals surface area contributed by atoms with Crippen molar-refractivity contribution in [2.24, 2.45) is 0 Å². The molecule has 1 rings (SSSR count). The van der Waals surface area contributed by atoms with Crippen LogP contribution in [0.1, 0.15) is 24.9 Å². The number of alkyl halides is 3. The molecule has 16 heavy (non-hydrogen) atoms. The Bertz CT molecular complexity index is 338. The molecule has 1 N–H and O–H groups in total. The maximum atomic E-state index is 12.4. The monoisotopic (exact) mass is 348 g/mol. The quantitative estimate of drug-likeness (QED) is 0.656. The van der Waals surface area contributed by atoms with Crippen LogP contribution in [0, 0.1) is 3.70 Å². The normalized spacial score (nSPS) is 12.1. The van der Waals surface area contributed by atoms with Crippen molar-refractivity contribution in [2.45, 2.75) is 25.9 Å². The van der Waals surface area contributed by atoms with Gasteiger partial charge < -0.3 is 9.72 Å². The first-order chi connectivity index (χ1) is 7.45. The van der Waals surface area contributed by atoms with Crippen LogP contribution in [0.5, 0.6) is 0 Å². The average Bonchev–Trinajstić information content (AvgIpc) is 2.54. The highest BCUT2D eigenvalue weighted by Crippen LogP contribution is 2.31. The van der Waals surface area contributed by atoms with Crippen molar-refractivity contribution in [2.75, 3.05) is 13.2 Å². The molecule has 0 aliphatic rings. The molecule has 0 aliphatic heterocycles. The van der Waals surface area contributed by atoms with E-state index in [-0.39, 0.29) is 3.70 Å². The van der Waals surface area contributed by atoms with Crippen molar-refractivity contribution >= 4 is 22.6 Å². The summed E-state index contributed by atoms with van der Waals surface area (Å²) < 4.78 is 42.3. The van der Waals surface area contributed by atoms with Crippen LogP contribution in [0.4, 0.5) is 13.2 Å². The van der Waals surface area contributed by atoms with E-state index >= 15 is 0 Å². The third kappa shape index (κ3) is 3.93. The van der Waals surface area contributed by atoms with Gasteiger partial charge in [-0.2, -0.15) is 13.2 Å². The molecule has 92 valence electrons. The lowest BCUT2D eigenvalue weighted by Gasteiger charge is -2.02. The van der Waals surface area contributed by atoms with Gasteiger partial charge in [0.2, 0.25) is 0 Å². The fraction of sp³-hybridized carbons (Fsp3) is 0.667. The summed E-state index contributed by atoms with van der Waals surface area (Å²) in [5, 5.41) is 0. The molecule has 0 bridgehead atoms. The first kappa shape index (κ1) is 13.8. The van der Waals surface area contributed by atoms with Crippen LogP contribution in [0.15, 0.2) is 0 Å². The van der Waals surface area contributed by atoms with Gasteiger partial charge in [0, 0.05) is 13.0 Å². The third-order valence-electron chi connectivity index (χ3n) is 1.82. The number of H-pyrrole nitrogens is 1. The Morgan fingerprint density at radius 2 is 2.06 bits per heavy atom. The molecule has 0 aliphatic carbocycles. The molecular formula is C9H12F3IN2O. The van der Waals surface area contributed by atoms with Gasteiger partial charge >= 0.3 is 6.18 Å². The van der Waals surface area contributed by atoms with E-state index in [9.17, 15) is 13.2 Å². The fourth-order valence-electron chi connectivity index (χ4n) is 1.12. The second-order valence-electron chi connectivity index (χ2n) is 3.21. The lowest BCUT2D eigenvalue weighted by Crippen LogP contribution is -2.07. The van der Waals surface area contributed by atoms with Gasteiger partial charge in [0.1, 0.15) is 9.53 Å². The van der Waals surface area contributed by atoms with E-state index in [4.69, 9.17) is 4.74 Å². The molecule has 0 spiro atoms. The van der Waals surface area contributed by atoms with Crippen LogP contribution < -0.4 is 0 Å². The Balaban J connectivity index is 2.56. The van der Waals surface area contributed by atoms with E-state index in [0.717, 1.165) is 6.42 Å². The average molecular weight is 348 g/mol. The van der Waals surface area contributed by atoms with Crippen LogP contribution in [-0.2, 0) is 17.3 Å². The predicted molar refractivity (Wildman–Crippen MR) is 61.1 cm³/mol. The minimum atomic E-state index is -4.37. The van der Waals surface area contributed by atoms with Crippen molar-refractivity contribution < 1.29 is 17.9 Å². The summed E-state index contributed by atoms with van der Waals surface area (Å²) in [6.45, 7) is 2.97. The second kappa shape index (κ2) is 5.85. The number of nitrogens with zero attached hydrogens (tertiary/aromatic N) is 1. The van der Waals surface area contributed by atoms with Crippen molar-refractivity contribution in [1.29, 1.82) is 0 Å². The first-order valence-electron chi connectivity index (χ1n) is 4.84. The molecule has 1 aromatic rings.